The minimum Gasteiger partial charge on any atom is -0.369 e. The van der Waals surface area contributed by atoms with E-state index in [4.69, 9.17) is 5.73 Å². The minimum atomic E-state index is -0.456. The molecule has 0 saturated carbocycles. The monoisotopic (exact) mass is 259 g/mol. The molecule has 2 heterocycles. The molecular formula is C12H10FN5O. The van der Waals surface area contributed by atoms with Gasteiger partial charge in [-0.15, -0.1) is 0 Å². The van der Waals surface area contributed by atoms with Gasteiger partial charge >= 0.3 is 5.69 Å². The quantitative estimate of drug-likeness (QED) is 0.685. The Morgan fingerprint density at radius 3 is 2.89 bits per heavy atom. The largest absolute Gasteiger partial charge is 0.369 e. The number of nitrogens with one attached hydrogen (secondary N) is 1. The Morgan fingerprint density at radius 1 is 1.37 bits per heavy atom. The summed E-state index contributed by atoms with van der Waals surface area (Å²) >= 11 is 0. The molecule has 96 valence electrons. The number of nitrogens with zero attached hydrogens (tertiary/aromatic N) is 3. The fourth-order valence-corrected chi connectivity index (χ4v) is 1.97. The molecule has 0 amide bonds. The third kappa shape index (κ3) is 1.75. The number of halogens is 1. The Bertz CT molecular complexity index is 836. The van der Waals surface area contributed by atoms with Crippen LogP contribution in [0, 0.1) is 12.7 Å². The first-order chi connectivity index (χ1) is 9.06. The van der Waals surface area contributed by atoms with Crippen LogP contribution < -0.4 is 11.4 Å². The van der Waals surface area contributed by atoms with Crippen LogP contribution in [0.1, 0.15) is 5.69 Å². The van der Waals surface area contributed by atoms with E-state index in [1.54, 1.807) is 19.1 Å². The smallest absolute Gasteiger partial charge is 0.335 e. The summed E-state index contributed by atoms with van der Waals surface area (Å²) in [6.07, 6.45) is 0. The average Bonchev–Trinajstić information content (AvgIpc) is 2.67. The van der Waals surface area contributed by atoms with Gasteiger partial charge in [-0.1, -0.05) is 12.1 Å². The van der Waals surface area contributed by atoms with Crippen molar-refractivity contribution in [3.05, 3.63) is 46.3 Å². The number of benzene rings is 1. The number of hydrogen-bond acceptors (Lipinski definition) is 4. The number of H-pyrrole nitrogens is 1. The van der Waals surface area contributed by atoms with Crippen LogP contribution >= 0.6 is 0 Å². The van der Waals surface area contributed by atoms with Crippen LogP contribution in [0.25, 0.3) is 17.0 Å². The molecule has 0 saturated heterocycles. The normalized spacial score (nSPS) is 11.1. The zero-order chi connectivity index (χ0) is 13.6. The fourth-order valence-electron chi connectivity index (χ4n) is 1.97. The molecule has 0 atom stereocenters. The molecule has 3 N–H and O–H groups in total. The van der Waals surface area contributed by atoms with Crippen LogP contribution in [-0.2, 0) is 0 Å². The molecule has 1 aromatic carbocycles. The van der Waals surface area contributed by atoms with Gasteiger partial charge in [-0.3, -0.25) is 4.98 Å². The average molecular weight is 259 g/mol. The molecule has 0 aliphatic carbocycles. The second-order valence-corrected chi connectivity index (χ2v) is 4.12. The number of rotatable bonds is 1. The van der Waals surface area contributed by atoms with Crippen LogP contribution in [-0.4, -0.2) is 19.4 Å². The van der Waals surface area contributed by atoms with Crippen molar-refractivity contribution >= 4 is 11.6 Å². The van der Waals surface area contributed by atoms with Crippen LogP contribution in [0.3, 0.4) is 0 Å². The predicted octanol–water partition coefficient (Wildman–Crippen LogP) is 1.11. The molecule has 3 aromatic rings. The number of fused-ring (bicyclic) bond motifs is 1. The first-order valence-corrected chi connectivity index (χ1v) is 5.57. The molecule has 0 bridgehead atoms. The van der Waals surface area contributed by atoms with Crippen molar-refractivity contribution in [3.63, 3.8) is 0 Å². The highest BCUT2D eigenvalue weighted by molar-refractivity contribution is 5.62. The summed E-state index contributed by atoms with van der Waals surface area (Å²) in [6.45, 7) is 1.71. The topological polar surface area (TPSA) is 89.1 Å². The Labute approximate surface area is 106 Å². The van der Waals surface area contributed by atoms with Crippen molar-refractivity contribution in [1.29, 1.82) is 0 Å². The van der Waals surface area contributed by atoms with Gasteiger partial charge < -0.3 is 5.73 Å². The maximum Gasteiger partial charge on any atom is 0.335 e. The molecule has 19 heavy (non-hydrogen) atoms. The number of imidazole rings is 1. The second kappa shape index (κ2) is 3.91. The third-order valence-electron chi connectivity index (χ3n) is 2.77. The van der Waals surface area contributed by atoms with Gasteiger partial charge in [0.25, 0.3) is 0 Å². The lowest BCUT2D eigenvalue weighted by Crippen LogP contribution is -2.20. The second-order valence-electron chi connectivity index (χ2n) is 4.12. The van der Waals surface area contributed by atoms with E-state index in [1.807, 2.05) is 0 Å². The lowest BCUT2D eigenvalue weighted by Gasteiger charge is -2.00. The van der Waals surface area contributed by atoms with E-state index >= 15 is 0 Å². The zero-order valence-corrected chi connectivity index (χ0v) is 10.0. The Kier molecular flexibility index (Phi) is 2.34. The lowest BCUT2D eigenvalue weighted by molar-refractivity contribution is 0.628. The van der Waals surface area contributed by atoms with Crippen LogP contribution in [0.15, 0.2) is 29.1 Å². The molecule has 3 rings (SSSR count). The molecule has 0 unspecified atom stereocenters. The van der Waals surface area contributed by atoms with Gasteiger partial charge in [0.1, 0.15) is 11.6 Å². The van der Waals surface area contributed by atoms with Crippen LogP contribution in [0.4, 0.5) is 10.3 Å². The first kappa shape index (κ1) is 11.4. The zero-order valence-electron chi connectivity index (χ0n) is 10.0. The van der Waals surface area contributed by atoms with Crippen LogP contribution in [0.2, 0.25) is 0 Å². The number of aromatic amines is 1. The Morgan fingerprint density at radius 2 is 2.16 bits per heavy atom. The van der Waals surface area contributed by atoms with Gasteiger partial charge in [0, 0.05) is 5.56 Å². The number of nitrogens with two attached hydrogens (primary N) is 1. The van der Waals surface area contributed by atoms with E-state index in [1.165, 1.54) is 16.5 Å². The fraction of sp³-hybridized carbons (Fsp3) is 0.0833. The first-order valence-electron chi connectivity index (χ1n) is 5.57. The highest BCUT2D eigenvalue weighted by Gasteiger charge is 2.14. The number of anilines is 1. The van der Waals surface area contributed by atoms with Crippen molar-refractivity contribution in [1.82, 2.24) is 19.4 Å². The summed E-state index contributed by atoms with van der Waals surface area (Å²) in [5.41, 5.74) is 6.46. The van der Waals surface area contributed by atoms with Crippen molar-refractivity contribution in [2.24, 2.45) is 0 Å². The third-order valence-corrected chi connectivity index (χ3v) is 2.77. The van der Waals surface area contributed by atoms with E-state index in [-0.39, 0.29) is 5.95 Å². The van der Waals surface area contributed by atoms with E-state index in [2.05, 4.69) is 15.0 Å². The Hall–Kier alpha value is -2.70. The molecule has 2 aromatic heterocycles. The summed E-state index contributed by atoms with van der Waals surface area (Å²) in [6, 6.07) is 5.86. The molecular weight excluding hydrogens is 249 g/mol. The highest BCUT2D eigenvalue weighted by Crippen LogP contribution is 2.20. The van der Waals surface area contributed by atoms with E-state index < -0.39 is 11.5 Å². The standard InChI is InChI=1S/C12H10FN5O/c1-6-9-16-11(14)17-12(19)18(9)10(15-6)7-3-2-4-8(13)5-7/h2-5H,1H3,(H3,14,16,17,19). The Balaban J connectivity index is 2.40. The lowest BCUT2D eigenvalue weighted by atomic mass is 10.2. The van der Waals surface area contributed by atoms with E-state index in [0.717, 1.165) is 0 Å². The van der Waals surface area contributed by atoms with Gasteiger partial charge in [0.05, 0.1) is 5.69 Å². The minimum absolute atomic E-state index is 0.0197. The predicted molar refractivity (Wildman–Crippen MR) is 68.2 cm³/mol. The number of hydrogen-bond donors (Lipinski definition) is 2. The summed E-state index contributed by atoms with van der Waals surface area (Å²) in [4.78, 5) is 22.6. The SMILES string of the molecule is Cc1nc(-c2cccc(F)c2)n2c(=O)[nH]c(N)nc12. The molecule has 0 radical (unpaired) electrons. The number of aromatic nitrogens is 4. The van der Waals surface area contributed by atoms with Gasteiger partial charge in [-0.2, -0.15) is 4.98 Å². The summed E-state index contributed by atoms with van der Waals surface area (Å²) < 4.78 is 14.5. The van der Waals surface area contributed by atoms with Crippen molar-refractivity contribution in [2.75, 3.05) is 5.73 Å². The number of aryl methyl sites for hydroxylation is 1. The highest BCUT2D eigenvalue weighted by atomic mass is 19.1. The van der Waals surface area contributed by atoms with Crippen molar-refractivity contribution in [3.8, 4) is 11.4 Å². The summed E-state index contributed by atoms with van der Waals surface area (Å²) in [5, 5.41) is 0. The molecule has 0 aliphatic heterocycles. The van der Waals surface area contributed by atoms with E-state index in [0.29, 0.717) is 22.7 Å². The number of nitrogen functional groups attached to an aromatic ring is 1. The maximum atomic E-state index is 13.3. The molecule has 0 spiro atoms. The molecule has 7 heteroatoms. The maximum absolute atomic E-state index is 13.3. The van der Waals surface area contributed by atoms with E-state index in [9.17, 15) is 9.18 Å². The summed E-state index contributed by atoms with van der Waals surface area (Å²) in [7, 11) is 0. The molecule has 6 nitrogen and oxygen atoms in total. The van der Waals surface area contributed by atoms with Crippen LogP contribution in [0.5, 0.6) is 0 Å². The van der Waals surface area contributed by atoms with Gasteiger partial charge in [-0.25, -0.2) is 18.6 Å². The van der Waals surface area contributed by atoms with Gasteiger partial charge in [0.2, 0.25) is 5.95 Å². The molecule has 0 fully saturated rings. The van der Waals surface area contributed by atoms with Gasteiger partial charge in [-0.05, 0) is 19.1 Å². The molecule has 0 aliphatic rings. The summed E-state index contributed by atoms with van der Waals surface area (Å²) in [5.74, 6) is -0.0428. The van der Waals surface area contributed by atoms with Crippen molar-refractivity contribution < 1.29 is 4.39 Å². The van der Waals surface area contributed by atoms with Gasteiger partial charge in [0.15, 0.2) is 5.65 Å². The van der Waals surface area contributed by atoms with Crippen molar-refractivity contribution in [2.45, 2.75) is 6.92 Å².